The second-order valence-corrected chi connectivity index (χ2v) is 5.76. The molecule has 1 aliphatic heterocycles. The zero-order chi connectivity index (χ0) is 16.4. The average molecular weight is 338 g/mol. The molecule has 1 aliphatic rings. The Labute approximate surface area is 137 Å². The Hall–Kier alpha value is -2.21. The van der Waals surface area contributed by atoms with Crippen LogP contribution in [0, 0.1) is 11.6 Å². The fraction of sp³-hybridized carbons (Fsp3) is 0.250. The monoisotopic (exact) mass is 337 g/mol. The Balaban J connectivity index is 1.65. The maximum atomic E-state index is 13.2. The zero-order valence-corrected chi connectivity index (χ0v) is 12.9. The number of anilines is 1. The van der Waals surface area contributed by atoms with Crippen LogP contribution in [0.1, 0.15) is 5.56 Å². The van der Waals surface area contributed by atoms with Crippen LogP contribution in [0.3, 0.4) is 0 Å². The number of amides is 1. The first kappa shape index (κ1) is 15.7. The van der Waals surface area contributed by atoms with Gasteiger partial charge in [0, 0.05) is 25.8 Å². The molecule has 2 aromatic rings. The minimum Gasteiger partial charge on any atom is -0.346 e. The van der Waals surface area contributed by atoms with Gasteiger partial charge in [-0.1, -0.05) is 17.7 Å². The lowest BCUT2D eigenvalue weighted by molar-refractivity contribution is -0.131. The molecule has 1 saturated heterocycles. The molecule has 7 heteroatoms. The van der Waals surface area contributed by atoms with E-state index in [0.717, 1.165) is 12.1 Å². The molecule has 3 rings (SSSR count). The molecule has 0 spiro atoms. The lowest BCUT2D eigenvalue weighted by Crippen LogP contribution is -2.50. The van der Waals surface area contributed by atoms with Crippen molar-refractivity contribution in [2.75, 3.05) is 24.5 Å². The summed E-state index contributed by atoms with van der Waals surface area (Å²) < 4.78 is 26.2. The van der Waals surface area contributed by atoms with E-state index in [4.69, 9.17) is 11.6 Å². The molecule has 0 atom stereocenters. The van der Waals surface area contributed by atoms with Gasteiger partial charge in [-0.05, 0) is 29.8 Å². The van der Waals surface area contributed by atoms with Crippen molar-refractivity contribution < 1.29 is 13.6 Å². The van der Waals surface area contributed by atoms with Crippen molar-refractivity contribution in [3.63, 3.8) is 0 Å². The normalized spacial score (nSPS) is 15.2. The zero-order valence-electron chi connectivity index (χ0n) is 12.2. The van der Waals surface area contributed by atoms with Gasteiger partial charge in [0.25, 0.3) is 0 Å². The fourth-order valence-corrected chi connectivity index (χ4v) is 2.60. The van der Waals surface area contributed by atoms with E-state index in [0.29, 0.717) is 29.5 Å². The van der Waals surface area contributed by atoms with Gasteiger partial charge in [-0.3, -0.25) is 4.79 Å². The smallest absolute Gasteiger partial charge is 0.242 e. The van der Waals surface area contributed by atoms with Gasteiger partial charge < -0.3 is 9.80 Å². The summed E-state index contributed by atoms with van der Waals surface area (Å²) in [6, 6.07) is 7.17. The van der Waals surface area contributed by atoms with Crippen molar-refractivity contribution in [1.82, 2.24) is 9.88 Å². The van der Waals surface area contributed by atoms with E-state index in [-0.39, 0.29) is 19.0 Å². The van der Waals surface area contributed by atoms with E-state index in [1.165, 1.54) is 12.3 Å². The lowest BCUT2D eigenvalue weighted by Gasteiger charge is -2.35. The van der Waals surface area contributed by atoms with Gasteiger partial charge in [0.2, 0.25) is 5.91 Å². The summed E-state index contributed by atoms with van der Waals surface area (Å²) in [7, 11) is 0. The van der Waals surface area contributed by atoms with Crippen molar-refractivity contribution in [1.29, 1.82) is 0 Å². The molecule has 0 unspecified atom stereocenters. The number of hydrogen-bond donors (Lipinski definition) is 0. The highest BCUT2D eigenvalue weighted by Crippen LogP contribution is 2.18. The third-order valence-electron chi connectivity index (χ3n) is 3.71. The standard InChI is InChI=1S/C16H14ClF2N3O/c17-12-2-4-15(20-8-12)21-5-6-22(16(23)10-21)9-11-1-3-13(18)14(19)7-11/h1-4,7-8H,5-6,9-10H2. The van der Waals surface area contributed by atoms with Crippen LogP contribution < -0.4 is 4.90 Å². The summed E-state index contributed by atoms with van der Waals surface area (Å²) in [5.41, 5.74) is 0.565. The Bertz CT molecular complexity index is 724. The van der Waals surface area contributed by atoms with Gasteiger partial charge in [-0.15, -0.1) is 0 Å². The van der Waals surface area contributed by atoms with Crippen molar-refractivity contribution in [2.45, 2.75) is 6.54 Å². The molecule has 4 nitrogen and oxygen atoms in total. The van der Waals surface area contributed by atoms with E-state index < -0.39 is 11.6 Å². The third kappa shape index (κ3) is 3.59. The molecule has 1 aromatic heterocycles. The number of pyridine rings is 1. The number of piperazine rings is 1. The minimum absolute atomic E-state index is 0.0854. The summed E-state index contributed by atoms with van der Waals surface area (Å²) >= 11 is 5.80. The van der Waals surface area contributed by atoms with Gasteiger partial charge in [0.05, 0.1) is 11.6 Å². The van der Waals surface area contributed by atoms with Crippen LogP contribution in [0.5, 0.6) is 0 Å². The van der Waals surface area contributed by atoms with E-state index in [1.54, 1.807) is 17.0 Å². The van der Waals surface area contributed by atoms with Crippen LogP contribution in [0.15, 0.2) is 36.5 Å². The first-order valence-corrected chi connectivity index (χ1v) is 7.49. The predicted molar refractivity (Wildman–Crippen MR) is 83.2 cm³/mol. The molecule has 1 aromatic carbocycles. The number of benzene rings is 1. The van der Waals surface area contributed by atoms with Gasteiger partial charge in [-0.25, -0.2) is 13.8 Å². The number of rotatable bonds is 3. The van der Waals surface area contributed by atoms with Crippen LogP contribution in [-0.2, 0) is 11.3 Å². The SMILES string of the molecule is O=C1CN(c2ccc(Cl)cn2)CCN1Cc1ccc(F)c(F)c1. The number of carbonyl (C=O) groups is 1. The van der Waals surface area contributed by atoms with Gasteiger partial charge in [0.1, 0.15) is 5.82 Å². The van der Waals surface area contributed by atoms with Crippen LogP contribution >= 0.6 is 11.6 Å². The summed E-state index contributed by atoms with van der Waals surface area (Å²) in [4.78, 5) is 19.9. The van der Waals surface area contributed by atoms with Crippen molar-refractivity contribution >= 4 is 23.3 Å². The van der Waals surface area contributed by atoms with Crippen LogP contribution in [0.4, 0.5) is 14.6 Å². The summed E-state index contributed by atoms with van der Waals surface area (Å²) in [5, 5.41) is 0.539. The molecular formula is C16H14ClF2N3O. The molecule has 120 valence electrons. The first-order valence-electron chi connectivity index (χ1n) is 7.11. The van der Waals surface area contributed by atoms with E-state index in [1.807, 2.05) is 4.90 Å². The Morgan fingerprint density at radius 2 is 1.96 bits per heavy atom. The molecule has 0 radical (unpaired) electrons. The second kappa shape index (κ2) is 6.50. The molecule has 23 heavy (non-hydrogen) atoms. The number of carbonyl (C=O) groups excluding carboxylic acids is 1. The van der Waals surface area contributed by atoms with Crippen LogP contribution in [0.2, 0.25) is 5.02 Å². The Kier molecular flexibility index (Phi) is 4.43. The van der Waals surface area contributed by atoms with Crippen LogP contribution in [0.25, 0.3) is 0 Å². The average Bonchev–Trinajstić information content (AvgIpc) is 2.53. The molecule has 0 aliphatic carbocycles. The number of nitrogens with zero attached hydrogens (tertiary/aromatic N) is 3. The maximum Gasteiger partial charge on any atom is 0.242 e. The molecular weight excluding hydrogens is 324 g/mol. The first-order chi connectivity index (χ1) is 11.0. The number of halogens is 3. The highest BCUT2D eigenvalue weighted by molar-refractivity contribution is 6.30. The molecule has 0 N–H and O–H groups in total. The number of hydrogen-bond acceptors (Lipinski definition) is 3. The predicted octanol–water partition coefficient (Wildman–Crippen LogP) is 2.86. The van der Waals surface area contributed by atoms with Crippen molar-refractivity contribution in [2.24, 2.45) is 0 Å². The molecule has 1 amide bonds. The topological polar surface area (TPSA) is 36.4 Å². The van der Waals surface area contributed by atoms with E-state index >= 15 is 0 Å². The number of aromatic nitrogens is 1. The molecule has 0 saturated carbocycles. The van der Waals surface area contributed by atoms with Crippen molar-refractivity contribution in [3.8, 4) is 0 Å². The van der Waals surface area contributed by atoms with Gasteiger partial charge in [-0.2, -0.15) is 0 Å². The summed E-state index contributed by atoms with van der Waals surface area (Å²) in [6.07, 6.45) is 1.54. The van der Waals surface area contributed by atoms with E-state index in [9.17, 15) is 13.6 Å². The maximum absolute atomic E-state index is 13.2. The van der Waals surface area contributed by atoms with Crippen molar-refractivity contribution in [3.05, 3.63) is 58.7 Å². The highest BCUT2D eigenvalue weighted by Gasteiger charge is 2.25. The Morgan fingerprint density at radius 1 is 1.13 bits per heavy atom. The second-order valence-electron chi connectivity index (χ2n) is 5.32. The quantitative estimate of drug-likeness (QED) is 0.864. The Morgan fingerprint density at radius 3 is 2.61 bits per heavy atom. The molecule has 2 heterocycles. The van der Waals surface area contributed by atoms with Crippen LogP contribution in [-0.4, -0.2) is 35.4 Å². The summed E-state index contributed by atoms with van der Waals surface area (Å²) in [5.74, 6) is -1.19. The highest BCUT2D eigenvalue weighted by atomic mass is 35.5. The summed E-state index contributed by atoms with van der Waals surface area (Å²) in [6.45, 7) is 1.56. The lowest BCUT2D eigenvalue weighted by atomic mass is 10.2. The van der Waals surface area contributed by atoms with E-state index in [2.05, 4.69) is 4.98 Å². The fourth-order valence-electron chi connectivity index (χ4n) is 2.48. The van der Waals surface area contributed by atoms with Gasteiger partial charge >= 0.3 is 0 Å². The largest absolute Gasteiger partial charge is 0.346 e. The molecule has 0 bridgehead atoms. The third-order valence-corrected chi connectivity index (χ3v) is 3.94. The molecule has 1 fully saturated rings. The minimum atomic E-state index is -0.904. The van der Waals surface area contributed by atoms with Gasteiger partial charge in [0.15, 0.2) is 11.6 Å².